The summed E-state index contributed by atoms with van der Waals surface area (Å²) in [7, 11) is 1.58. The van der Waals surface area contributed by atoms with Crippen LogP contribution in [0.15, 0.2) is 48.2 Å². The maximum absolute atomic E-state index is 14.6. The van der Waals surface area contributed by atoms with E-state index in [0.29, 0.717) is 54.1 Å². The number of benzene rings is 2. The van der Waals surface area contributed by atoms with Crippen LogP contribution in [0.3, 0.4) is 0 Å². The van der Waals surface area contributed by atoms with Crippen molar-refractivity contribution in [3.63, 3.8) is 0 Å². The van der Waals surface area contributed by atoms with Crippen molar-refractivity contribution in [3.8, 4) is 0 Å². The van der Waals surface area contributed by atoms with Gasteiger partial charge in [0.1, 0.15) is 17.4 Å². The van der Waals surface area contributed by atoms with Crippen molar-refractivity contribution in [2.75, 3.05) is 20.3 Å². The summed E-state index contributed by atoms with van der Waals surface area (Å²) in [6, 6.07) is 9.94. The lowest BCUT2D eigenvalue weighted by Crippen LogP contribution is -2.37. The van der Waals surface area contributed by atoms with E-state index < -0.39 is 17.8 Å². The van der Waals surface area contributed by atoms with Crippen LogP contribution in [0.5, 0.6) is 0 Å². The maximum Gasteiger partial charge on any atom is 0.254 e. The molecule has 1 unspecified atom stereocenters. The molecule has 1 N–H and O–H groups in total. The average Bonchev–Trinajstić information content (AvgIpc) is 3.47. The number of fused-ring (bicyclic) bond motifs is 1. The molecule has 162 valence electrons. The molecule has 2 atom stereocenters. The van der Waals surface area contributed by atoms with Gasteiger partial charge in [-0.05, 0) is 36.2 Å². The maximum atomic E-state index is 14.6. The van der Waals surface area contributed by atoms with Gasteiger partial charge < -0.3 is 15.0 Å². The van der Waals surface area contributed by atoms with Gasteiger partial charge in [-0.15, -0.1) is 0 Å². The van der Waals surface area contributed by atoms with Crippen molar-refractivity contribution >= 4 is 17.3 Å². The number of ketones is 1. The van der Waals surface area contributed by atoms with Gasteiger partial charge in [-0.25, -0.2) is 8.78 Å². The second-order valence-electron chi connectivity index (χ2n) is 7.92. The summed E-state index contributed by atoms with van der Waals surface area (Å²) in [6.45, 7) is 3.08. The second kappa shape index (κ2) is 8.59. The quantitative estimate of drug-likeness (QED) is 0.735. The summed E-state index contributed by atoms with van der Waals surface area (Å²) in [4.78, 5) is 27.3. The Morgan fingerprint density at radius 3 is 2.68 bits per heavy atom. The fourth-order valence-electron chi connectivity index (χ4n) is 4.14. The number of carbonyl (C=O) groups excluding carboxylic acids is 2. The first-order valence-corrected chi connectivity index (χ1v) is 10.2. The second-order valence-corrected chi connectivity index (χ2v) is 7.92. The van der Waals surface area contributed by atoms with Crippen LogP contribution in [-0.2, 0) is 20.9 Å². The van der Waals surface area contributed by atoms with Crippen LogP contribution < -0.4 is 5.32 Å². The van der Waals surface area contributed by atoms with E-state index in [1.807, 2.05) is 11.8 Å². The van der Waals surface area contributed by atoms with E-state index in [0.717, 1.165) is 0 Å². The van der Waals surface area contributed by atoms with Crippen molar-refractivity contribution in [2.24, 2.45) is 5.92 Å². The molecule has 2 aromatic rings. The Balaban J connectivity index is 1.70. The van der Waals surface area contributed by atoms with Crippen LogP contribution in [0.25, 0.3) is 5.57 Å². The zero-order chi connectivity index (χ0) is 22.1. The third kappa shape index (κ3) is 4.23. The van der Waals surface area contributed by atoms with Gasteiger partial charge in [-0.3, -0.25) is 9.59 Å². The molecule has 0 saturated heterocycles. The number of hydrogen-bond donors (Lipinski definition) is 1. The monoisotopic (exact) mass is 426 g/mol. The van der Waals surface area contributed by atoms with Gasteiger partial charge in [0.25, 0.3) is 5.91 Å². The summed E-state index contributed by atoms with van der Waals surface area (Å²) in [5.41, 5.74) is 2.57. The van der Waals surface area contributed by atoms with Gasteiger partial charge in [0.2, 0.25) is 0 Å². The standard InChI is InChI=1S/C24H24F2N2O3/c1-14-22(17-7-4-8-20(26)19(17)13-28(14)9-10-31-2)24(30)27-23(18-12-21(18)29)15-5-3-6-16(25)11-15/h3-8,11,18,23H,9-10,12-13H2,1-2H3,(H,27,30)/t18?,23-/m1/s1. The molecule has 1 aliphatic carbocycles. The predicted molar refractivity (Wildman–Crippen MR) is 112 cm³/mol. The van der Waals surface area contributed by atoms with Crippen molar-refractivity contribution < 1.29 is 23.1 Å². The Labute approximate surface area is 179 Å². The molecule has 0 spiro atoms. The predicted octanol–water partition coefficient (Wildman–Crippen LogP) is 3.60. The lowest BCUT2D eigenvalue weighted by Gasteiger charge is -2.34. The molecule has 2 aliphatic rings. The molecule has 1 saturated carbocycles. The van der Waals surface area contributed by atoms with E-state index in [-0.39, 0.29) is 17.5 Å². The highest BCUT2D eigenvalue weighted by molar-refractivity contribution is 6.21. The number of methoxy groups -OCH3 is 1. The average molecular weight is 426 g/mol. The van der Waals surface area contributed by atoms with Crippen molar-refractivity contribution in [1.82, 2.24) is 10.2 Å². The third-order valence-corrected chi connectivity index (χ3v) is 5.94. The number of carbonyl (C=O) groups is 2. The number of nitrogens with zero attached hydrogens (tertiary/aromatic N) is 1. The number of ether oxygens (including phenoxy) is 1. The molecule has 1 heterocycles. The van der Waals surface area contributed by atoms with Crippen LogP contribution >= 0.6 is 0 Å². The number of rotatable bonds is 7. The number of hydrogen-bond acceptors (Lipinski definition) is 4. The fourth-order valence-corrected chi connectivity index (χ4v) is 4.14. The number of amides is 1. The first-order chi connectivity index (χ1) is 14.9. The summed E-state index contributed by atoms with van der Waals surface area (Å²) in [5, 5.41) is 2.93. The Morgan fingerprint density at radius 1 is 1.26 bits per heavy atom. The molecule has 1 amide bonds. The summed E-state index contributed by atoms with van der Waals surface area (Å²) < 4.78 is 33.6. The Kier molecular flexibility index (Phi) is 5.87. The van der Waals surface area contributed by atoms with Crippen LogP contribution in [0, 0.1) is 17.6 Å². The molecular formula is C24H24F2N2O3. The van der Waals surface area contributed by atoms with Crippen LogP contribution in [-0.4, -0.2) is 36.9 Å². The van der Waals surface area contributed by atoms with Gasteiger partial charge in [-0.1, -0.05) is 24.3 Å². The molecule has 1 fully saturated rings. The number of nitrogens with one attached hydrogen (secondary N) is 1. The fraction of sp³-hybridized carbons (Fsp3) is 0.333. The van der Waals surface area contributed by atoms with Gasteiger partial charge >= 0.3 is 0 Å². The van der Waals surface area contributed by atoms with Crippen molar-refractivity contribution in [3.05, 3.63) is 76.5 Å². The number of halogens is 2. The number of allylic oxidation sites excluding steroid dienone is 1. The minimum absolute atomic E-state index is 0.0251. The molecule has 7 heteroatoms. The zero-order valence-electron chi connectivity index (χ0n) is 17.5. The van der Waals surface area contributed by atoms with E-state index in [1.54, 1.807) is 31.4 Å². The molecule has 0 aromatic heterocycles. The van der Waals surface area contributed by atoms with Gasteiger partial charge in [0, 0.05) is 43.8 Å². The third-order valence-electron chi connectivity index (χ3n) is 5.94. The molecule has 31 heavy (non-hydrogen) atoms. The number of Topliss-reactive ketones (excluding diaryl/α,β-unsaturated/α-hetero) is 1. The molecule has 5 nitrogen and oxygen atoms in total. The van der Waals surface area contributed by atoms with Crippen LogP contribution in [0.4, 0.5) is 8.78 Å². The highest BCUT2D eigenvalue weighted by Crippen LogP contribution is 2.39. The van der Waals surface area contributed by atoms with E-state index in [1.165, 1.54) is 18.2 Å². The first kappa shape index (κ1) is 21.2. The topological polar surface area (TPSA) is 58.6 Å². The molecule has 2 aromatic carbocycles. The molecular weight excluding hydrogens is 402 g/mol. The van der Waals surface area contributed by atoms with E-state index in [9.17, 15) is 18.4 Å². The lowest BCUT2D eigenvalue weighted by molar-refractivity contribution is -0.116. The minimum Gasteiger partial charge on any atom is -0.383 e. The summed E-state index contributed by atoms with van der Waals surface area (Å²) >= 11 is 0. The SMILES string of the molecule is COCCN1Cc2c(F)cccc2C(C(=O)N[C@H](c2cccc(F)c2)C2CC2=O)=C1C. The van der Waals surface area contributed by atoms with Crippen LogP contribution in [0.2, 0.25) is 0 Å². The first-order valence-electron chi connectivity index (χ1n) is 10.2. The smallest absolute Gasteiger partial charge is 0.254 e. The van der Waals surface area contributed by atoms with E-state index in [2.05, 4.69) is 5.32 Å². The Bertz CT molecular complexity index is 1070. The van der Waals surface area contributed by atoms with E-state index in [4.69, 9.17) is 4.74 Å². The highest BCUT2D eigenvalue weighted by Gasteiger charge is 2.43. The Morgan fingerprint density at radius 2 is 2.00 bits per heavy atom. The molecule has 1 aliphatic heterocycles. The summed E-state index contributed by atoms with van der Waals surface area (Å²) in [6.07, 6.45) is 0.338. The van der Waals surface area contributed by atoms with Gasteiger partial charge in [0.15, 0.2) is 0 Å². The van der Waals surface area contributed by atoms with E-state index >= 15 is 0 Å². The van der Waals surface area contributed by atoms with Crippen LogP contribution in [0.1, 0.15) is 36.1 Å². The normalized spacial score (nSPS) is 18.6. The zero-order valence-corrected chi connectivity index (χ0v) is 17.5. The summed E-state index contributed by atoms with van der Waals surface area (Å²) in [5.74, 6) is -1.59. The minimum atomic E-state index is -0.637. The van der Waals surface area contributed by atoms with Crippen molar-refractivity contribution in [1.29, 1.82) is 0 Å². The lowest BCUT2D eigenvalue weighted by atomic mass is 9.91. The van der Waals surface area contributed by atoms with Gasteiger partial charge in [-0.2, -0.15) is 0 Å². The highest BCUT2D eigenvalue weighted by atomic mass is 19.1. The molecule has 4 rings (SSSR count). The molecule has 0 bridgehead atoms. The molecule has 0 radical (unpaired) electrons. The van der Waals surface area contributed by atoms with Crippen molar-refractivity contribution in [2.45, 2.75) is 25.9 Å². The Hall–Kier alpha value is -3.06. The van der Waals surface area contributed by atoms with Gasteiger partial charge in [0.05, 0.1) is 18.2 Å². The largest absolute Gasteiger partial charge is 0.383 e.